The second-order valence-corrected chi connectivity index (χ2v) is 5.83. The molecular weight excluding hydrogens is 262 g/mol. The van der Waals surface area contributed by atoms with Crippen LogP contribution in [-0.4, -0.2) is 26.5 Å². The summed E-state index contributed by atoms with van der Waals surface area (Å²) in [5, 5.41) is 3.01. The van der Waals surface area contributed by atoms with E-state index >= 15 is 0 Å². The normalized spacial score (nSPS) is 12.0. The number of amides is 1. The van der Waals surface area contributed by atoms with Crippen molar-refractivity contribution in [3.05, 3.63) is 23.8 Å². The molecule has 0 spiro atoms. The quantitative estimate of drug-likeness (QED) is 0.773. The van der Waals surface area contributed by atoms with Crippen LogP contribution < -0.4 is 16.0 Å². The van der Waals surface area contributed by atoms with E-state index in [9.17, 15) is 4.79 Å². The maximum Gasteiger partial charge on any atom is 0.224 e. The molecule has 0 saturated heterocycles. The lowest BCUT2D eigenvalue weighted by molar-refractivity contribution is -0.116. The Morgan fingerprint density at radius 1 is 1.33 bits per heavy atom. The van der Waals surface area contributed by atoms with E-state index in [0.29, 0.717) is 18.9 Å². The monoisotopic (exact) mass is 291 g/mol. The highest BCUT2D eigenvalue weighted by molar-refractivity contribution is 5.91. The van der Waals surface area contributed by atoms with Gasteiger partial charge in [0.1, 0.15) is 0 Å². The molecule has 0 aromatic heterocycles. The number of aryl methyl sites for hydroxylation is 1. The zero-order chi connectivity index (χ0) is 15.8. The Morgan fingerprint density at radius 2 is 2.05 bits per heavy atom. The van der Waals surface area contributed by atoms with Crippen molar-refractivity contribution in [1.29, 1.82) is 0 Å². The van der Waals surface area contributed by atoms with E-state index in [0.717, 1.165) is 36.2 Å². The minimum Gasteiger partial charge on any atom is -0.378 e. The van der Waals surface area contributed by atoms with Crippen LogP contribution in [0.5, 0.6) is 0 Å². The van der Waals surface area contributed by atoms with Gasteiger partial charge < -0.3 is 16.0 Å². The summed E-state index contributed by atoms with van der Waals surface area (Å²) in [6, 6.07) is 6.07. The maximum absolute atomic E-state index is 12.1. The van der Waals surface area contributed by atoms with E-state index in [-0.39, 0.29) is 5.91 Å². The molecule has 1 aromatic carbocycles. The molecule has 0 heterocycles. The van der Waals surface area contributed by atoms with Crippen LogP contribution in [0.25, 0.3) is 0 Å². The molecule has 1 rings (SSSR count). The lowest BCUT2D eigenvalue weighted by atomic mass is 9.96. The van der Waals surface area contributed by atoms with Crippen molar-refractivity contribution in [2.24, 2.45) is 11.7 Å². The van der Waals surface area contributed by atoms with Crippen molar-refractivity contribution in [1.82, 2.24) is 0 Å². The van der Waals surface area contributed by atoms with Crippen LogP contribution in [0.1, 0.15) is 38.2 Å². The number of rotatable bonds is 8. The predicted octanol–water partition coefficient (Wildman–Crippen LogP) is 3.15. The third-order valence-corrected chi connectivity index (χ3v) is 3.93. The van der Waals surface area contributed by atoms with Crippen molar-refractivity contribution in [3.63, 3.8) is 0 Å². The Morgan fingerprint density at radius 3 is 2.57 bits per heavy atom. The molecule has 0 bridgehead atoms. The van der Waals surface area contributed by atoms with Gasteiger partial charge in [-0.15, -0.1) is 0 Å². The van der Waals surface area contributed by atoms with Crippen molar-refractivity contribution in [2.45, 2.75) is 39.5 Å². The minimum atomic E-state index is 0.0891. The largest absolute Gasteiger partial charge is 0.378 e. The average molecular weight is 291 g/mol. The summed E-state index contributed by atoms with van der Waals surface area (Å²) >= 11 is 0. The standard InChI is InChI=1S/C17H29N3O/c1-5-14(10-11-18)6-9-17(21)19-16-8-7-15(20(3)4)12-13(16)2/h7-8,12,14H,5-6,9-11,18H2,1-4H3,(H,19,21). The number of nitrogens with two attached hydrogens (primary N) is 1. The highest BCUT2D eigenvalue weighted by atomic mass is 16.1. The average Bonchev–Trinajstić information content (AvgIpc) is 2.45. The highest BCUT2D eigenvalue weighted by Crippen LogP contribution is 2.22. The Labute approximate surface area is 128 Å². The van der Waals surface area contributed by atoms with Gasteiger partial charge in [0.25, 0.3) is 0 Å². The lowest BCUT2D eigenvalue weighted by Crippen LogP contribution is -2.16. The van der Waals surface area contributed by atoms with Gasteiger partial charge in [-0.05, 0) is 56.0 Å². The van der Waals surface area contributed by atoms with Gasteiger partial charge in [-0.3, -0.25) is 4.79 Å². The number of carbonyl (C=O) groups is 1. The number of benzene rings is 1. The van der Waals surface area contributed by atoms with Crippen LogP contribution in [0.3, 0.4) is 0 Å². The maximum atomic E-state index is 12.1. The van der Waals surface area contributed by atoms with E-state index in [1.54, 1.807) is 0 Å². The Hall–Kier alpha value is -1.55. The van der Waals surface area contributed by atoms with Crippen LogP contribution >= 0.6 is 0 Å². The summed E-state index contributed by atoms with van der Waals surface area (Å²) < 4.78 is 0. The SMILES string of the molecule is CCC(CCN)CCC(=O)Nc1ccc(N(C)C)cc1C. The van der Waals surface area contributed by atoms with Crippen LogP contribution in [0, 0.1) is 12.8 Å². The molecule has 4 nitrogen and oxygen atoms in total. The van der Waals surface area contributed by atoms with E-state index in [1.807, 2.05) is 33.2 Å². The molecule has 0 aliphatic heterocycles. The second-order valence-electron chi connectivity index (χ2n) is 5.83. The number of nitrogens with one attached hydrogen (secondary N) is 1. The zero-order valence-corrected chi connectivity index (χ0v) is 13.8. The van der Waals surface area contributed by atoms with E-state index in [2.05, 4.69) is 23.2 Å². The summed E-state index contributed by atoms with van der Waals surface area (Å²) in [4.78, 5) is 14.1. The molecule has 0 fully saturated rings. The first kappa shape index (κ1) is 17.5. The van der Waals surface area contributed by atoms with Gasteiger partial charge in [0.15, 0.2) is 0 Å². The summed E-state index contributed by atoms with van der Waals surface area (Å²) in [6.45, 7) is 4.87. The van der Waals surface area contributed by atoms with E-state index in [1.165, 1.54) is 0 Å². The summed E-state index contributed by atoms with van der Waals surface area (Å²) in [5.74, 6) is 0.643. The molecule has 0 aliphatic rings. The molecule has 1 amide bonds. The first-order valence-electron chi connectivity index (χ1n) is 7.75. The zero-order valence-electron chi connectivity index (χ0n) is 13.8. The molecule has 4 heteroatoms. The number of hydrogen-bond acceptors (Lipinski definition) is 3. The fraction of sp³-hybridized carbons (Fsp3) is 0.588. The predicted molar refractivity (Wildman–Crippen MR) is 90.8 cm³/mol. The van der Waals surface area contributed by atoms with E-state index in [4.69, 9.17) is 5.73 Å². The molecule has 1 aromatic rings. The smallest absolute Gasteiger partial charge is 0.224 e. The van der Waals surface area contributed by atoms with Gasteiger partial charge >= 0.3 is 0 Å². The second kappa shape index (κ2) is 8.67. The third-order valence-electron chi connectivity index (χ3n) is 3.93. The number of hydrogen-bond donors (Lipinski definition) is 2. The third kappa shape index (κ3) is 5.76. The van der Waals surface area contributed by atoms with Gasteiger partial charge in [0, 0.05) is 31.9 Å². The molecule has 21 heavy (non-hydrogen) atoms. The van der Waals surface area contributed by atoms with E-state index < -0.39 is 0 Å². The van der Waals surface area contributed by atoms with Crippen molar-refractivity contribution >= 4 is 17.3 Å². The fourth-order valence-electron chi connectivity index (χ4n) is 2.40. The van der Waals surface area contributed by atoms with Crippen LogP contribution in [-0.2, 0) is 4.79 Å². The molecule has 1 unspecified atom stereocenters. The molecule has 0 radical (unpaired) electrons. The molecule has 3 N–H and O–H groups in total. The van der Waals surface area contributed by atoms with Crippen LogP contribution in [0.15, 0.2) is 18.2 Å². The highest BCUT2D eigenvalue weighted by Gasteiger charge is 2.10. The van der Waals surface area contributed by atoms with Crippen LogP contribution in [0.4, 0.5) is 11.4 Å². The fourth-order valence-corrected chi connectivity index (χ4v) is 2.40. The van der Waals surface area contributed by atoms with Gasteiger partial charge in [-0.1, -0.05) is 13.3 Å². The molecule has 0 aliphatic carbocycles. The number of anilines is 2. The summed E-state index contributed by atoms with van der Waals surface area (Å²) in [7, 11) is 4.02. The molecule has 118 valence electrons. The Kier molecular flexibility index (Phi) is 7.23. The lowest BCUT2D eigenvalue weighted by Gasteiger charge is -2.16. The van der Waals surface area contributed by atoms with Gasteiger partial charge in [-0.25, -0.2) is 0 Å². The van der Waals surface area contributed by atoms with Crippen molar-refractivity contribution in [3.8, 4) is 0 Å². The Bertz CT molecular complexity index is 457. The van der Waals surface area contributed by atoms with Crippen molar-refractivity contribution < 1.29 is 4.79 Å². The molecule has 0 saturated carbocycles. The molecule has 1 atom stereocenters. The first-order valence-corrected chi connectivity index (χ1v) is 7.75. The van der Waals surface area contributed by atoms with Gasteiger partial charge in [0.05, 0.1) is 0 Å². The Balaban J connectivity index is 2.55. The first-order chi connectivity index (χ1) is 9.97. The summed E-state index contributed by atoms with van der Waals surface area (Å²) in [6.07, 6.45) is 3.56. The number of carbonyl (C=O) groups excluding carboxylic acids is 1. The van der Waals surface area contributed by atoms with Crippen molar-refractivity contribution in [2.75, 3.05) is 30.9 Å². The van der Waals surface area contributed by atoms with Gasteiger partial charge in [-0.2, -0.15) is 0 Å². The topological polar surface area (TPSA) is 58.4 Å². The molecular formula is C17H29N3O. The minimum absolute atomic E-state index is 0.0891. The summed E-state index contributed by atoms with van der Waals surface area (Å²) in [5.41, 5.74) is 8.71. The number of nitrogens with zero attached hydrogens (tertiary/aromatic N) is 1. The van der Waals surface area contributed by atoms with Gasteiger partial charge in [0.2, 0.25) is 5.91 Å². The van der Waals surface area contributed by atoms with Crippen LogP contribution in [0.2, 0.25) is 0 Å².